The normalized spacial score (nSPS) is 14.0. The van der Waals surface area contributed by atoms with Crippen LogP contribution in [0.4, 0.5) is 5.69 Å². The number of amides is 1. The number of hydrogen-bond acceptors (Lipinski definition) is 4. The smallest absolute Gasteiger partial charge is 0.251 e. The van der Waals surface area contributed by atoms with Gasteiger partial charge >= 0.3 is 0 Å². The van der Waals surface area contributed by atoms with Crippen molar-refractivity contribution in [3.05, 3.63) is 95.6 Å². The van der Waals surface area contributed by atoms with Gasteiger partial charge in [-0.05, 0) is 60.7 Å². The van der Waals surface area contributed by atoms with Crippen LogP contribution in [0.25, 0.3) is 0 Å². The van der Waals surface area contributed by atoms with Crippen molar-refractivity contribution in [2.24, 2.45) is 5.92 Å². The molecule has 35 heavy (non-hydrogen) atoms. The first-order chi connectivity index (χ1) is 16.7. The number of rotatable bonds is 11. The Morgan fingerprint density at radius 2 is 1.60 bits per heavy atom. The molecule has 7 heteroatoms. The number of benzene rings is 3. The SMILES string of the molecule is Cc1ccccc1C(=O)N[C@@H](Cc1ccccc1)[C@H](O)CN(CC(C)C)S(=O)c1ccc(N)cc1. The Balaban J connectivity index is 1.83. The third-order valence-corrected chi connectivity index (χ3v) is 7.19. The van der Waals surface area contributed by atoms with Crippen LogP contribution in [0.1, 0.15) is 35.3 Å². The summed E-state index contributed by atoms with van der Waals surface area (Å²) in [7, 11) is -1.48. The summed E-state index contributed by atoms with van der Waals surface area (Å²) in [6, 6.07) is 23.5. The van der Waals surface area contributed by atoms with E-state index in [1.807, 2.05) is 69.3 Å². The summed E-state index contributed by atoms with van der Waals surface area (Å²) in [5.74, 6) is -0.00721. The van der Waals surface area contributed by atoms with Gasteiger partial charge in [-0.3, -0.25) is 4.79 Å². The van der Waals surface area contributed by atoms with E-state index in [2.05, 4.69) is 5.32 Å². The maximum absolute atomic E-state index is 13.4. The lowest BCUT2D eigenvalue weighted by Gasteiger charge is -2.30. The highest BCUT2D eigenvalue weighted by atomic mass is 32.2. The molecule has 0 saturated heterocycles. The summed E-state index contributed by atoms with van der Waals surface area (Å²) in [5.41, 5.74) is 8.82. The maximum Gasteiger partial charge on any atom is 0.251 e. The first-order valence-electron chi connectivity index (χ1n) is 11.9. The summed E-state index contributed by atoms with van der Waals surface area (Å²) in [5, 5.41) is 14.4. The number of carbonyl (C=O) groups excluding carboxylic acids is 1. The Morgan fingerprint density at radius 3 is 2.23 bits per heavy atom. The summed E-state index contributed by atoms with van der Waals surface area (Å²) in [4.78, 5) is 13.7. The van der Waals surface area contributed by atoms with Crippen molar-refractivity contribution < 1.29 is 14.1 Å². The standard InChI is InChI=1S/C28H35N3O3S/c1-20(2)18-31(35(34)24-15-13-23(29)14-16-24)19-27(32)26(17-22-10-5-4-6-11-22)30-28(33)25-12-8-7-9-21(25)3/h4-16,20,26-27,32H,17-19,29H2,1-3H3,(H,30,33)/t26-,27+,35?/m0/s1. The number of aliphatic hydroxyl groups is 1. The molecule has 0 aliphatic heterocycles. The second-order valence-corrected chi connectivity index (χ2v) is 10.7. The van der Waals surface area contributed by atoms with E-state index in [-0.39, 0.29) is 18.4 Å². The summed E-state index contributed by atoms with van der Waals surface area (Å²) >= 11 is 0. The van der Waals surface area contributed by atoms with Crippen molar-refractivity contribution >= 4 is 22.6 Å². The molecule has 3 aromatic rings. The lowest BCUT2D eigenvalue weighted by atomic mass is 9.99. The minimum Gasteiger partial charge on any atom is -0.399 e. The number of nitrogens with two attached hydrogens (primary N) is 1. The van der Waals surface area contributed by atoms with E-state index in [0.717, 1.165) is 11.1 Å². The van der Waals surface area contributed by atoms with Crippen molar-refractivity contribution in [1.29, 1.82) is 0 Å². The molecule has 3 rings (SSSR count). The summed E-state index contributed by atoms with van der Waals surface area (Å²) < 4.78 is 15.2. The van der Waals surface area contributed by atoms with Crippen molar-refractivity contribution in [3.8, 4) is 0 Å². The van der Waals surface area contributed by atoms with Crippen molar-refractivity contribution in [2.75, 3.05) is 18.8 Å². The van der Waals surface area contributed by atoms with Gasteiger partial charge < -0.3 is 16.2 Å². The first kappa shape index (κ1) is 26.6. The predicted molar refractivity (Wildman–Crippen MR) is 142 cm³/mol. The molecule has 0 radical (unpaired) electrons. The molecular formula is C28H35N3O3S. The van der Waals surface area contributed by atoms with Gasteiger partial charge in [0.1, 0.15) is 11.0 Å². The highest BCUT2D eigenvalue weighted by Gasteiger charge is 2.28. The molecule has 3 aromatic carbocycles. The Labute approximate surface area is 210 Å². The van der Waals surface area contributed by atoms with E-state index in [0.29, 0.717) is 29.1 Å². The van der Waals surface area contributed by atoms with Gasteiger partial charge in [0, 0.05) is 24.3 Å². The van der Waals surface area contributed by atoms with Crippen LogP contribution in [-0.2, 0) is 17.4 Å². The molecule has 0 aliphatic rings. The Bertz CT molecular complexity index is 1120. The number of anilines is 1. The molecule has 4 N–H and O–H groups in total. The summed E-state index contributed by atoms with van der Waals surface area (Å²) in [6.07, 6.45) is -0.497. The second kappa shape index (κ2) is 12.6. The Morgan fingerprint density at radius 1 is 0.971 bits per heavy atom. The first-order valence-corrected chi connectivity index (χ1v) is 13.0. The largest absolute Gasteiger partial charge is 0.399 e. The molecule has 0 aliphatic carbocycles. The molecule has 0 spiro atoms. The lowest BCUT2D eigenvalue weighted by Crippen LogP contribution is -2.50. The Kier molecular flexibility index (Phi) is 9.60. The number of aryl methyl sites for hydroxylation is 1. The van der Waals surface area contributed by atoms with Crippen LogP contribution in [0.15, 0.2) is 83.8 Å². The number of carbonyl (C=O) groups is 1. The van der Waals surface area contributed by atoms with Gasteiger partial charge in [-0.1, -0.05) is 62.4 Å². The fourth-order valence-electron chi connectivity index (χ4n) is 3.91. The lowest BCUT2D eigenvalue weighted by molar-refractivity contribution is 0.0779. The molecule has 0 fully saturated rings. The minimum atomic E-state index is -1.48. The van der Waals surface area contributed by atoms with Crippen LogP contribution in [-0.4, -0.2) is 44.8 Å². The van der Waals surface area contributed by atoms with Crippen molar-refractivity contribution in [3.63, 3.8) is 0 Å². The molecule has 6 nitrogen and oxygen atoms in total. The van der Waals surface area contributed by atoms with Crippen LogP contribution in [0.3, 0.4) is 0 Å². The van der Waals surface area contributed by atoms with Gasteiger partial charge in [-0.15, -0.1) is 0 Å². The molecular weight excluding hydrogens is 458 g/mol. The maximum atomic E-state index is 13.4. The van der Waals surface area contributed by atoms with Crippen LogP contribution < -0.4 is 11.1 Å². The van der Waals surface area contributed by atoms with Gasteiger partial charge in [0.2, 0.25) is 0 Å². The van der Waals surface area contributed by atoms with E-state index < -0.39 is 23.1 Å². The molecule has 1 amide bonds. The second-order valence-electron chi connectivity index (χ2n) is 9.21. The van der Waals surface area contributed by atoms with Gasteiger partial charge in [0.05, 0.1) is 17.0 Å². The Hall–Kier alpha value is -3.00. The number of hydrogen-bond donors (Lipinski definition) is 3. The van der Waals surface area contributed by atoms with E-state index in [1.54, 1.807) is 34.6 Å². The molecule has 3 atom stereocenters. The highest BCUT2D eigenvalue weighted by Crippen LogP contribution is 2.18. The van der Waals surface area contributed by atoms with E-state index in [9.17, 15) is 14.1 Å². The topological polar surface area (TPSA) is 95.7 Å². The van der Waals surface area contributed by atoms with Crippen molar-refractivity contribution in [2.45, 2.75) is 44.2 Å². The zero-order chi connectivity index (χ0) is 25.4. The number of aliphatic hydroxyl groups excluding tert-OH is 1. The van der Waals surface area contributed by atoms with Crippen LogP contribution in [0.2, 0.25) is 0 Å². The zero-order valence-electron chi connectivity index (χ0n) is 20.6. The number of nitrogens with zero attached hydrogens (tertiary/aromatic N) is 1. The third kappa shape index (κ3) is 7.75. The molecule has 0 bridgehead atoms. The zero-order valence-corrected chi connectivity index (χ0v) is 21.4. The molecule has 0 aromatic heterocycles. The van der Waals surface area contributed by atoms with Crippen LogP contribution in [0, 0.1) is 12.8 Å². The van der Waals surface area contributed by atoms with Gasteiger partial charge in [0.25, 0.3) is 5.91 Å². The molecule has 0 heterocycles. The average Bonchev–Trinajstić information content (AvgIpc) is 2.83. The van der Waals surface area contributed by atoms with Gasteiger partial charge in [0.15, 0.2) is 0 Å². The van der Waals surface area contributed by atoms with E-state index in [4.69, 9.17) is 5.73 Å². The fraction of sp³-hybridized carbons (Fsp3) is 0.321. The number of nitrogen functional groups attached to an aromatic ring is 1. The monoisotopic (exact) mass is 493 g/mol. The number of nitrogens with one attached hydrogen (secondary N) is 1. The minimum absolute atomic E-state index is 0.140. The molecule has 0 saturated carbocycles. The quantitative estimate of drug-likeness (QED) is 0.352. The van der Waals surface area contributed by atoms with E-state index in [1.165, 1.54) is 0 Å². The molecule has 1 unspecified atom stereocenters. The average molecular weight is 494 g/mol. The fourth-order valence-corrected chi connectivity index (χ4v) is 5.30. The summed E-state index contributed by atoms with van der Waals surface area (Å²) in [6.45, 7) is 6.64. The van der Waals surface area contributed by atoms with Crippen LogP contribution >= 0.6 is 0 Å². The van der Waals surface area contributed by atoms with Gasteiger partial charge in [-0.25, -0.2) is 8.51 Å². The highest BCUT2D eigenvalue weighted by molar-refractivity contribution is 7.82. The van der Waals surface area contributed by atoms with Crippen molar-refractivity contribution in [1.82, 2.24) is 9.62 Å². The third-order valence-electron chi connectivity index (χ3n) is 5.74. The van der Waals surface area contributed by atoms with E-state index >= 15 is 0 Å². The predicted octanol–water partition coefficient (Wildman–Crippen LogP) is 3.96. The molecule has 186 valence electrons. The van der Waals surface area contributed by atoms with Gasteiger partial charge in [-0.2, -0.15) is 0 Å². The van der Waals surface area contributed by atoms with Crippen LogP contribution in [0.5, 0.6) is 0 Å².